The number of nitrogens with one attached hydrogen (secondary N) is 1. The van der Waals surface area contributed by atoms with Crippen LogP contribution in [0, 0.1) is 11.6 Å². The highest BCUT2D eigenvalue weighted by molar-refractivity contribution is 5.85. The summed E-state index contributed by atoms with van der Waals surface area (Å²) in [4.78, 5) is 14.0. The lowest BCUT2D eigenvalue weighted by Gasteiger charge is -2.37. The summed E-state index contributed by atoms with van der Waals surface area (Å²) in [6.45, 7) is 5.31. The van der Waals surface area contributed by atoms with E-state index in [1.165, 1.54) is 12.1 Å². The minimum Gasteiger partial charge on any atom is -0.337 e. The molecule has 1 aliphatic rings. The maximum Gasteiger partial charge on any atom is 0.227 e. The van der Waals surface area contributed by atoms with Gasteiger partial charge in [-0.25, -0.2) is 8.78 Å². The van der Waals surface area contributed by atoms with Crippen molar-refractivity contribution in [1.29, 1.82) is 0 Å². The lowest BCUT2D eigenvalue weighted by Crippen LogP contribution is -2.56. The van der Waals surface area contributed by atoms with Crippen LogP contribution in [-0.4, -0.2) is 36.0 Å². The largest absolute Gasteiger partial charge is 0.337 e. The van der Waals surface area contributed by atoms with Crippen molar-refractivity contribution in [2.75, 3.05) is 13.1 Å². The van der Waals surface area contributed by atoms with Gasteiger partial charge in [-0.3, -0.25) is 4.79 Å². The zero-order valence-electron chi connectivity index (χ0n) is 11.5. The van der Waals surface area contributed by atoms with Crippen molar-refractivity contribution in [2.24, 2.45) is 0 Å². The van der Waals surface area contributed by atoms with Gasteiger partial charge in [0, 0.05) is 31.2 Å². The van der Waals surface area contributed by atoms with Gasteiger partial charge in [0.25, 0.3) is 0 Å². The molecule has 1 aromatic rings. The minimum atomic E-state index is -0.663. The second-order valence-corrected chi connectivity index (χ2v) is 5.12. The molecule has 0 aromatic heterocycles. The van der Waals surface area contributed by atoms with Gasteiger partial charge in [-0.15, -0.1) is 12.4 Å². The van der Waals surface area contributed by atoms with Crippen LogP contribution in [0.1, 0.15) is 19.4 Å². The zero-order valence-corrected chi connectivity index (χ0v) is 12.3. The van der Waals surface area contributed by atoms with E-state index in [0.717, 1.165) is 12.6 Å². The Morgan fingerprint density at radius 3 is 2.75 bits per heavy atom. The summed E-state index contributed by atoms with van der Waals surface area (Å²) in [5.41, 5.74) is 0.241. The molecule has 2 rings (SSSR count). The normalized spacial score (nSPS) is 22.3. The smallest absolute Gasteiger partial charge is 0.227 e. The van der Waals surface area contributed by atoms with Crippen LogP contribution in [0.2, 0.25) is 0 Å². The predicted octanol–water partition coefficient (Wildman–Crippen LogP) is 2.14. The molecule has 2 atom stereocenters. The number of hydrogen-bond acceptors (Lipinski definition) is 2. The van der Waals surface area contributed by atoms with Gasteiger partial charge in [0.1, 0.15) is 11.6 Å². The van der Waals surface area contributed by atoms with Crippen molar-refractivity contribution in [1.82, 2.24) is 10.2 Å². The molecule has 2 unspecified atom stereocenters. The molecule has 1 heterocycles. The van der Waals surface area contributed by atoms with E-state index in [-0.39, 0.29) is 42.4 Å². The Hall–Kier alpha value is -1.20. The molecular formula is C14H19ClF2N2O. The summed E-state index contributed by atoms with van der Waals surface area (Å²) < 4.78 is 26.3. The van der Waals surface area contributed by atoms with E-state index >= 15 is 0 Å². The van der Waals surface area contributed by atoms with Crippen LogP contribution in [0.4, 0.5) is 8.78 Å². The molecule has 112 valence electrons. The van der Waals surface area contributed by atoms with E-state index in [1.807, 2.05) is 13.8 Å². The maximum absolute atomic E-state index is 13.5. The van der Waals surface area contributed by atoms with E-state index in [9.17, 15) is 13.6 Å². The van der Waals surface area contributed by atoms with E-state index in [0.29, 0.717) is 6.54 Å². The molecule has 1 aliphatic heterocycles. The summed E-state index contributed by atoms with van der Waals surface area (Å²) in [6, 6.07) is 3.64. The van der Waals surface area contributed by atoms with Gasteiger partial charge in [0.05, 0.1) is 6.42 Å². The molecule has 1 fully saturated rings. The summed E-state index contributed by atoms with van der Waals surface area (Å²) in [6.07, 6.45) is -0.0246. The van der Waals surface area contributed by atoms with Crippen LogP contribution in [0.5, 0.6) is 0 Å². The number of piperazine rings is 1. The van der Waals surface area contributed by atoms with Gasteiger partial charge in [0.2, 0.25) is 5.91 Å². The molecule has 0 saturated carbocycles. The first-order chi connectivity index (χ1) is 8.97. The third kappa shape index (κ3) is 3.90. The number of amides is 1. The molecule has 1 N–H and O–H groups in total. The Bertz CT molecular complexity index is 484. The van der Waals surface area contributed by atoms with Crippen molar-refractivity contribution in [3.63, 3.8) is 0 Å². The van der Waals surface area contributed by atoms with Crippen molar-refractivity contribution in [3.05, 3.63) is 35.4 Å². The van der Waals surface area contributed by atoms with Gasteiger partial charge in [-0.1, -0.05) is 6.07 Å². The maximum atomic E-state index is 13.5. The fourth-order valence-electron chi connectivity index (χ4n) is 2.30. The number of hydrogen-bond donors (Lipinski definition) is 1. The van der Waals surface area contributed by atoms with E-state index in [1.54, 1.807) is 4.90 Å². The van der Waals surface area contributed by atoms with Crippen molar-refractivity contribution in [3.8, 4) is 0 Å². The molecule has 6 heteroatoms. The topological polar surface area (TPSA) is 32.3 Å². The fourth-order valence-corrected chi connectivity index (χ4v) is 2.30. The molecule has 1 amide bonds. The predicted molar refractivity (Wildman–Crippen MR) is 75.9 cm³/mol. The Labute approximate surface area is 123 Å². The van der Waals surface area contributed by atoms with Gasteiger partial charge < -0.3 is 10.2 Å². The van der Waals surface area contributed by atoms with Gasteiger partial charge >= 0.3 is 0 Å². The summed E-state index contributed by atoms with van der Waals surface area (Å²) >= 11 is 0. The molecule has 1 aromatic carbocycles. The number of benzene rings is 1. The second kappa shape index (κ2) is 6.99. The molecule has 0 aliphatic carbocycles. The van der Waals surface area contributed by atoms with Crippen molar-refractivity contribution in [2.45, 2.75) is 32.4 Å². The van der Waals surface area contributed by atoms with Gasteiger partial charge in [-0.05, 0) is 25.5 Å². The van der Waals surface area contributed by atoms with E-state index in [2.05, 4.69) is 5.32 Å². The summed E-state index contributed by atoms with van der Waals surface area (Å²) in [7, 11) is 0. The SMILES string of the molecule is CC1CN(C(=O)Cc2ccc(F)cc2F)C(C)CN1.Cl. The first-order valence-corrected chi connectivity index (χ1v) is 6.44. The van der Waals surface area contributed by atoms with Crippen LogP contribution in [-0.2, 0) is 11.2 Å². The number of rotatable bonds is 2. The number of halogens is 3. The standard InChI is InChI=1S/C14H18F2N2O.ClH/c1-9-8-18(10(2)7-17-9)14(19)5-11-3-4-12(15)6-13(11)16;/h3-4,6,9-10,17H,5,7-8H2,1-2H3;1H. The summed E-state index contributed by atoms with van der Waals surface area (Å²) in [5.74, 6) is -1.41. The second-order valence-electron chi connectivity index (χ2n) is 5.12. The van der Waals surface area contributed by atoms with Gasteiger partial charge in [-0.2, -0.15) is 0 Å². The molecule has 1 saturated heterocycles. The monoisotopic (exact) mass is 304 g/mol. The van der Waals surface area contributed by atoms with Gasteiger partial charge in [0.15, 0.2) is 0 Å². The highest BCUT2D eigenvalue weighted by atomic mass is 35.5. The quantitative estimate of drug-likeness (QED) is 0.908. The molecule has 0 radical (unpaired) electrons. The minimum absolute atomic E-state index is 0. The zero-order chi connectivity index (χ0) is 14.0. The summed E-state index contributed by atoms with van der Waals surface area (Å²) in [5, 5.41) is 3.28. The van der Waals surface area contributed by atoms with Crippen LogP contribution >= 0.6 is 12.4 Å². The lowest BCUT2D eigenvalue weighted by atomic mass is 10.1. The number of carbonyl (C=O) groups is 1. The van der Waals surface area contributed by atoms with Crippen molar-refractivity contribution >= 4 is 18.3 Å². The Morgan fingerprint density at radius 2 is 2.10 bits per heavy atom. The third-order valence-electron chi connectivity index (χ3n) is 3.44. The number of carbonyl (C=O) groups excluding carboxylic acids is 1. The van der Waals surface area contributed by atoms with E-state index < -0.39 is 11.6 Å². The first kappa shape index (κ1) is 16.9. The molecule has 0 spiro atoms. The molecule has 20 heavy (non-hydrogen) atoms. The molecular weight excluding hydrogens is 286 g/mol. The van der Waals surface area contributed by atoms with Crippen LogP contribution in [0.15, 0.2) is 18.2 Å². The Morgan fingerprint density at radius 1 is 1.40 bits per heavy atom. The van der Waals surface area contributed by atoms with Crippen LogP contribution in [0.25, 0.3) is 0 Å². The molecule has 0 bridgehead atoms. The number of nitrogens with zero attached hydrogens (tertiary/aromatic N) is 1. The average Bonchev–Trinajstić information content (AvgIpc) is 2.35. The van der Waals surface area contributed by atoms with Crippen molar-refractivity contribution < 1.29 is 13.6 Å². The fraction of sp³-hybridized carbons (Fsp3) is 0.500. The highest BCUT2D eigenvalue weighted by Crippen LogP contribution is 2.14. The Balaban J connectivity index is 0.00000200. The third-order valence-corrected chi connectivity index (χ3v) is 3.44. The van der Waals surface area contributed by atoms with Crippen LogP contribution in [0.3, 0.4) is 0 Å². The Kier molecular flexibility index (Phi) is 5.89. The van der Waals surface area contributed by atoms with E-state index in [4.69, 9.17) is 0 Å². The van der Waals surface area contributed by atoms with Crippen LogP contribution < -0.4 is 5.32 Å². The molecule has 3 nitrogen and oxygen atoms in total. The lowest BCUT2D eigenvalue weighted by molar-refractivity contribution is -0.133. The highest BCUT2D eigenvalue weighted by Gasteiger charge is 2.26. The first-order valence-electron chi connectivity index (χ1n) is 6.44. The average molecular weight is 305 g/mol.